The van der Waals surface area contributed by atoms with Gasteiger partial charge >= 0.3 is 0 Å². The topological polar surface area (TPSA) is 66.8 Å². The highest BCUT2D eigenvalue weighted by molar-refractivity contribution is 8.15. The van der Waals surface area contributed by atoms with Gasteiger partial charge in [0.05, 0.1) is 24.0 Å². The summed E-state index contributed by atoms with van der Waals surface area (Å²) >= 11 is 1.40. The number of aliphatic imine (C=N–C) groups is 1. The summed E-state index contributed by atoms with van der Waals surface area (Å²) in [5, 5.41) is 0.581. The van der Waals surface area contributed by atoms with E-state index in [4.69, 9.17) is 0 Å². The number of thioether (sulfide) groups is 1. The maximum atomic E-state index is 12.3. The van der Waals surface area contributed by atoms with Gasteiger partial charge in [-0.15, -0.1) is 6.58 Å². The van der Waals surface area contributed by atoms with Crippen molar-refractivity contribution >= 4 is 32.7 Å². The van der Waals surface area contributed by atoms with Crippen LogP contribution in [0.4, 0.5) is 0 Å². The monoisotopic (exact) mass is 364 g/mol. The highest BCUT2D eigenvalue weighted by atomic mass is 32.2. The van der Waals surface area contributed by atoms with Gasteiger partial charge in [0.25, 0.3) is 5.91 Å². The Morgan fingerprint density at radius 2 is 2.08 bits per heavy atom. The van der Waals surface area contributed by atoms with E-state index < -0.39 is 9.84 Å². The van der Waals surface area contributed by atoms with Gasteiger partial charge in [-0.25, -0.2) is 8.42 Å². The zero-order valence-corrected chi connectivity index (χ0v) is 15.1. The molecule has 0 aromatic heterocycles. The molecule has 1 amide bonds. The summed E-state index contributed by atoms with van der Waals surface area (Å²) in [7, 11) is -3.00. The van der Waals surface area contributed by atoms with Crippen LogP contribution in [0.5, 0.6) is 0 Å². The molecular formula is C17H20N2O3S2. The van der Waals surface area contributed by atoms with Crippen LogP contribution in [0.15, 0.2) is 41.9 Å². The molecule has 0 bridgehead atoms. The number of nitrogens with zero attached hydrogens (tertiary/aromatic N) is 2. The maximum absolute atomic E-state index is 12.3. The Morgan fingerprint density at radius 3 is 2.75 bits per heavy atom. The first-order chi connectivity index (χ1) is 11.4. The quantitative estimate of drug-likeness (QED) is 0.763. The zero-order valence-electron chi connectivity index (χ0n) is 13.5. The number of sulfone groups is 1. The molecule has 7 heteroatoms. The van der Waals surface area contributed by atoms with Gasteiger partial charge in [-0.05, 0) is 12.5 Å². The third kappa shape index (κ3) is 3.72. The molecule has 0 spiro atoms. The number of hydrogen-bond acceptors (Lipinski definition) is 4. The van der Waals surface area contributed by atoms with E-state index in [-0.39, 0.29) is 35.1 Å². The summed E-state index contributed by atoms with van der Waals surface area (Å²) in [5.41, 5.74) is 2.08. The van der Waals surface area contributed by atoms with Gasteiger partial charge in [0.15, 0.2) is 15.0 Å². The van der Waals surface area contributed by atoms with Crippen molar-refractivity contribution in [3.8, 4) is 0 Å². The Balaban J connectivity index is 1.75. The molecular weight excluding hydrogens is 344 g/mol. The van der Waals surface area contributed by atoms with Crippen molar-refractivity contribution in [2.75, 3.05) is 18.1 Å². The standard InChI is InChI=1S/C17H20N2O3S2/c1-3-8-19-14-10-24(21,22)11-15(14)23-17(19)18-16(20)9-13-6-4-12(2)5-7-13/h3-7,14-15H,1,8-11H2,2H3/t14-,15-/m0/s1. The van der Waals surface area contributed by atoms with Crippen LogP contribution in [-0.2, 0) is 21.1 Å². The zero-order chi connectivity index (χ0) is 17.3. The predicted octanol–water partition coefficient (Wildman–Crippen LogP) is 1.82. The maximum Gasteiger partial charge on any atom is 0.252 e. The number of hydrogen-bond donors (Lipinski definition) is 0. The third-order valence-electron chi connectivity index (χ3n) is 4.20. The van der Waals surface area contributed by atoms with E-state index in [1.807, 2.05) is 36.1 Å². The molecule has 1 aromatic carbocycles. The van der Waals surface area contributed by atoms with Crippen LogP contribution in [-0.4, -0.2) is 53.7 Å². The lowest BCUT2D eigenvalue weighted by Crippen LogP contribution is -2.37. The Labute approximate surface area is 146 Å². The molecule has 128 valence electrons. The Kier molecular flexibility index (Phi) is 4.83. The molecule has 0 radical (unpaired) electrons. The van der Waals surface area contributed by atoms with E-state index in [1.54, 1.807) is 6.08 Å². The fourth-order valence-corrected chi connectivity index (χ4v) is 6.99. The van der Waals surface area contributed by atoms with Crippen LogP contribution >= 0.6 is 11.8 Å². The average molecular weight is 364 g/mol. The number of benzene rings is 1. The molecule has 2 atom stereocenters. The molecule has 24 heavy (non-hydrogen) atoms. The predicted molar refractivity (Wildman–Crippen MR) is 98.0 cm³/mol. The minimum atomic E-state index is -3.00. The second kappa shape index (κ2) is 6.72. The molecule has 2 aliphatic heterocycles. The van der Waals surface area contributed by atoms with Crippen molar-refractivity contribution in [1.29, 1.82) is 0 Å². The van der Waals surface area contributed by atoms with Gasteiger partial charge in [-0.3, -0.25) is 4.79 Å². The number of carbonyl (C=O) groups is 1. The highest BCUT2D eigenvalue weighted by Crippen LogP contribution is 2.38. The lowest BCUT2D eigenvalue weighted by molar-refractivity contribution is -0.117. The van der Waals surface area contributed by atoms with Gasteiger partial charge < -0.3 is 4.90 Å². The normalized spacial score (nSPS) is 26.5. The summed E-state index contributed by atoms with van der Waals surface area (Å²) in [6, 6.07) is 7.69. The number of amidine groups is 1. The molecule has 2 fully saturated rings. The van der Waals surface area contributed by atoms with Crippen molar-refractivity contribution in [1.82, 2.24) is 4.90 Å². The van der Waals surface area contributed by atoms with Crippen LogP contribution in [0, 0.1) is 6.92 Å². The van der Waals surface area contributed by atoms with Gasteiger partial charge in [0.2, 0.25) is 0 Å². The van der Waals surface area contributed by atoms with Crippen LogP contribution in [0.2, 0.25) is 0 Å². The molecule has 0 N–H and O–H groups in total. The van der Waals surface area contributed by atoms with Gasteiger partial charge in [-0.2, -0.15) is 4.99 Å². The number of amides is 1. The smallest absolute Gasteiger partial charge is 0.252 e. The first-order valence-electron chi connectivity index (χ1n) is 7.79. The van der Waals surface area contributed by atoms with Crippen molar-refractivity contribution in [3.63, 3.8) is 0 Å². The number of fused-ring (bicyclic) bond motifs is 1. The first kappa shape index (κ1) is 17.2. The second-order valence-corrected chi connectivity index (χ2v) is 9.55. The molecule has 1 aromatic rings. The van der Waals surface area contributed by atoms with Crippen LogP contribution < -0.4 is 0 Å². The summed E-state index contributed by atoms with van der Waals surface area (Å²) < 4.78 is 23.6. The highest BCUT2D eigenvalue weighted by Gasteiger charge is 2.48. The molecule has 0 saturated carbocycles. The molecule has 2 saturated heterocycles. The lowest BCUT2D eigenvalue weighted by Gasteiger charge is -2.22. The second-order valence-electron chi connectivity index (χ2n) is 6.19. The molecule has 5 nitrogen and oxygen atoms in total. The summed E-state index contributed by atoms with van der Waals surface area (Å²) in [5.74, 6) is 0.0726. The van der Waals surface area contributed by atoms with Crippen molar-refractivity contribution < 1.29 is 13.2 Å². The summed E-state index contributed by atoms with van der Waals surface area (Å²) in [4.78, 5) is 18.4. The van der Waals surface area contributed by atoms with E-state index in [1.165, 1.54) is 11.8 Å². The Bertz CT molecular complexity index is 785. The van der Waals surface area contributed by atoms with E-state index in [0.29, 0.717) is 11.7 Å². The molecule has 3 rings (SSSR count). The van der Waals surface area contributed by atoms with Gasteiger partial charge in [0.1, 0.15) is 0 Å². The van der Waals surface area contributed by atoms with Crippen LogP contribution in [0.1, 0.15) is 11.1 Å². The molecule has 0 aliphatic carbocycles. The molecule has 2 aliphatic rings. The van der Waals surface area contributed by atoms with Gasteiger partial charge in [0, 0.05) is 11.8 Å². The Hall–Kier alpha value is -1.60. The Morgan fingerprint density at radius 1 is 1.38 bits per heavy atom. The number of carbonyl (C=O) groups excluding carboxylic acids is 1. The average Bonchev–Trinajstić information content (AvgIpc) is 2.95. The van der Waals surface area contributed by atoms with E-state index in [0.717, 1.165) is 11.1 Å². The van der Waals surface area contributed by atoms with E-state index >= 15 is 0 Å². The largest absolute Gasteiger partial charge is 0.342 e. The molecule has 2 heterocycles. The van der Waals surface area contributed by atoms with E-state index in [2.05, 4.69) is 11.6 Å². The van der Waals surface area contributed by atoms with Crippen LogP contribution in [0.25, 0.3) is 0 Å². The lowest BCUT2D eigenvalue weighted by atomic mass is 10.1. The number of aryl methyl sites for hydroxylation is 1. The van der Waals surface area contributed by atoms with Crippen molar-refractivity contribution in [3.05, 3.63) is 48.0 Å². The minimum Gasteiger partial charge on any atom is -0.342 e. The fraction of sp³-hybridized carbons (Fsp3) is 0.412. The van der Waals surface area contributed by atoms with E-state index in [9.17, 15) is 13.2 Å². The first-order valence-corrected chi connectivity index (χ1v) is 10.5. The summed E-state index contributed by atoms with van der Waals surface area (Å²) in [6.07, 6.45) is 1.97. The van der Waals surface area contributed by atoms with Crippen LogP contribution in [0.3, 0.4) is 0 Å². The molecule has 0 unspecified atom stereocenters. The fourth-order valence-electron chi connectivity index (χ4n) is 3.01. The number of rotatable bonds is 4. The van der Waals surface area contributed by atoms with Gasteiger partial charge in [-0.1, -0.05) is 47.7 Å². The summed E-state index contributed by atoms with van der Waals surface area (Å²) in [6.45, 7) is 6.23. The minimum absolute atomic E-state index is 0.0409. The SMILES string of the molecule is C=CCN1C(=NC(=O)Cc2ccc(C)cc2)S[C@H]2CS(=O)(=O)C[C@@H]21. The van der Waals surface area contributed by atoms with Crippen molar-refractivity contribution in [2.24, 2.45) is 4.99 Å². The third-order valence-corrected chi connectivity index (χ3v) is 7.44. The van der Waals surface area contributed by atoms with Crippen molar-refractivity contribution in [2.45, 2.75) is 24.6 Å².